The predicted octanol–water partition coefficient (Wildman–Crippen LogP) is 2.48. The molecule has 1 aromatic rings. The average Bonchev–Trinajstić information content (AvgIpc) is 2.68. The van der Waals surface area contributed by atoms with Gasteiger partial charge >= 0.3 is 5.97 Å². The number of carboxylic acid groups (broad SMARTS) is 1. The lowest BCUT2D eigenvalue weighted by Crippen LogP contribution is -2.14. The largest absolute Gasteiger partial charge is 0.481 e. The number of hydrogen-bond acceptors (Lipinski definition) is 3. The number of nitrogens with one attached hydrogen (secondary N) is 1. The van der Waals surface area contributed by atoms with Crippen LogP contribution in [-0.2, 0) is 11.3 Å². The second kappa shape index (κ2) is 7.43. The summed E-state index contributed by atoms with van der Waals surface area (Å²) in [6.07, 6.45) is 3.13. The van der Waals surface area contributed by atoms with Crippen molar-refractivity contribution in [2.45, 2.75) is 32.2 Å². The van der Waals surface area contributed by atoms with Crippen LogP contribution in [0.4, 0.5) is 0 Å². The first-order chi connectivity index (χ1) is 7.29. The molecule has 2 N–H and O–H groups in total. The van der Waals surface area contributed by atoms with Crippen LogP contribution in [0.3, 0.4) is 0 Å². The van der Waals surface area contributed by atoms with Gasteiger partial charge in [0.2, 0.25) is 0 Å². The van der Waals surface area contributed by atoms with E-state index in [1.54, 1.807) is 11.3 Å². The minimum absolute atomic E-state index is 0.296. The summed E-state index contributed by atoms with van der Waals surface area (Å²) in [6, 6.07) is 2.11. The third kappa shape index (κ3) is 6.25. The zero-order chi connectivity index (χ0) is 10.9. The number of aliphatic carboxylic acids is 1. The molecule has 1 rings (SSSR count). The van der Waals surface area contributed by atoms with Crippen LogP contribution in [0, 0.1) is 0 Å². The molecule has 0 saturated heterocycles. The minimum Gasteiger partial charge on any atom is -0.481 e. The van der Waals surface area contributed by atoms with Gasteiger partial charge in [-0.05, 0) is 41.8 Å². The van der Waals surface area contributed by atoms with Crippen molar-refractivity contribution in [2.75, 3.05) is 6.54 Å². The standard InChI is InChI=1S/C11H17NO2S/c13-11(14)4-2-1-3-6-12-8-10-5-7-15-9-10/h5,7,9,12H,1-4,6,8H2,(H,13,14). The molecule has 0 atom stereocenters. The summed E-state index contributed by atoms with van der Waals surface area (Å²) in [7, 11) is 0. The molecule has 0 saturated carbocycles. The third-order valence-electron chi connectivity index (χ3n) is 2.15. The monoisotopic (exact) mass is 227 g/mol. The van der Waals surface area contributed by atoms with Crippen molar-refractivity contribution in [3.8, 4) is 0 Å². The Labute approximate surface area is 94.1 Å². The highest BCUT2D eigenvalue weighted by Crippen LogP contribution is 2.05. The fraction of sp³-hybridized carbons (Fsp3) is 0.545. The smallest absolute Gasteiger partial charge is 0.303 e. The van der Waals surface area contributed by atoms with Crippen molar-refractivity contribution in [2.24, 2.45) is 0 Å². The van der Waals surface area contributed by atoms with E-state index in [1.807, 2.05) is 0 Å². The van der Waals surface area contributed by atoms with Gasteiger partial charge in [-0.2, -0.15) is 11.3 Å². The molecule has 1 heterocycles. The number of thiophene rings is 1. The van der Waals surface area contributed by atoms with Crippen molar-refractivity contribution in [1.29, 1.82) is 0 Å². The molecule has 3 nitrogen and oxygen atoms in total. The van der Waals surface area contributed by atoms with Crippen molar-refractivity contribution in [1.82, 2.24) is 5.32 Å². The van der Waals surface area contributed by atoms with E-state index >= 15 is 0 Å². The number of carbonyl (C=O) groups is 1. The summed E-state index contributed by atoms with van der Waals surface area (Å²) in [6.45, 7) is 1.89. The quantitative estimate of drug-likeness (QED) is 0.671. The van der Waals surface area contributed by atoms with Crippen LogP contribution >= 0.6 is 11.3 Å². The van der Waals surface area contributed by atoms with Gasteiger partial charge in [0.1, 0.15) is 0 Å². The SMILES string of the molecule is O=C(O)CCCCCNCc1ccsc1. The van der Waals surface area contributed by atoms with Gasteiger partial charge in [0.05, 0.1) is 0 Å². The first kappa shape index (κ1) is 12.2. The maximum Gasteiger partial charge on any atom is 0.303 e. The molecule has 4 heteroatoms. The molecule has 0 amide bonds. The molecule has 0 aliphatic carbocycles. The molecular formula is C11H17NO2S. The normalized spacial score (nSPS) is 10.4. The minimum atomic E-state index is -0.693. The lowest BCUT2D eigenvalue weighted by atomic mass is 10.2. The lowest BCUT2D eigenvalue weighted by molar-refractivity contribution is -0.137. The van der Waals surface area contributed by atoms with Gasteiger partial charge in [-0.15, -0.1) is 0 Å². The fourth-order valence-electron chi connectivity index (χ4n) is 1.33. The summed E-state index contributed by atoms with van der Waals surface area (Å²) in [5, 5.41) is 16.0. The summed E-state index contributed by atoms with van der Waals surface area (Å²) in [5.41, 5.74) is 1.32. The van der Waals surface area contributed by atoms with Crippen molar-refractivity contribution >= 4 is 17.3 Å². The molecule has 1 aromatic heterocycles. The van der Waals surface area contributed by atoms with Crippen LogP contribution in [0.15, 0.2) is 16.8 Å². The summed E-state index contributed by atoms with van der Waals surface area (Å²) in [4.78, 5) is 10.2. The summed E-state index contributed by atoms with van der Waals surface area (Å²) < 4.78 is 0. The van der Waals surface area contributed by atoms with Crippen LogP contribution in [-0.4, -0.2) is 17.6 Å². The highest BCUT2D eigenvalue weighted by molar-refractivity contribution is 7.07. The zero-order valence-corrected chi connectivity index (χ0v) is 9.55. The van der Waals surface area contributed by atoms with Crippen molar-refractivity contribution < 1.29 is 9.90 Å². The molecule has 0 aliphatic rings. The summed E-state index contributed by atoms with van der Waals surface area (Å²) >= 11 is 1.71. The highest BCUT2D eigenvalue weighted by atomic mass is 32.1. The van der Waals surface area contributed by atoms with E-state index in [0.29, 0.717) is 6.42 Å². The number of hydrogen-bond donors (Lipinski definition) is 2. The third-order valence-corrected chi connectivity index (χ3v) is 2.89. The Morgan fingerprint density at radius 3 is 2.93 bits per heavy atom. The van der Waals surface area contributed by atoms with Gasteiger partial charge in [0.25, 0.3) is 0 Å². The lowest BCUT2D eigenvalue weighted by Gasteiger charge is -2.02. The van der Waals surface area contributed by atoms with Crippen LogP contribution in [0.1, 0.15) is 31.2 Å². The molecule has 0 spiro atoms. The first-order valence-electron chi connectivity index (χ1n) is 5.22. The Morgan fingerprint density at radius 2 is 2.27 bits per heavy atom. The van der Waals surface area contributed by atoms with Crippen LogP contribution in [0.2, 0.25) is 0 Å². The number of unbranched alkanes of at least 4 members (excludes halogenated alkanes) is 2. The zero-order valence-electron chi connectivity index (χ0n) is 8.74. The van der Waals surface area contributed by atoms with Gasteiger partial charge < -0.3 is 10.4 Å². The van der Waals surface area contributed by atoms with Crippen molar-refractivity contribution in [3.63, 3.8) is 0 Å². The van der Waals surface area contributed by atoms with E-state index in [1.165, 1.54) is 5.56 Å². The Morgan fingerprint density at radius 1 is 1.40 bits per heavy atom. The Balaban J connectivity index is 1.87. The van der Waals surface area contributed by atoms with Gasteiger partial charge in [0, 0.05) is 13.0 Å². The summed E-state index contributed by atoms with van der Waals surface area (Å²) in [5.74, 6) is -0.693. The van der Waals surface area contributed by atoms with E-state index in [0.717, 1.165) is 32.4 Å². The van der Waals surface area contributed by atoms with E-state index in [4.69, 9.17) is 5.11 Å². The molecule has 0 aliphatic heterocycles. The average molecular weight is 227 g/mol. The van der Waals surface area contributed by atoms with Crippen molar-refractivity contribution in [3.05, 3.63) is 22.4 Å². The molecule has 0 aromatic carbocycles. The maximum atomic E-state index is 10.2. The molecule has 0 bridgehead atoms. The maximum absolute atomic E-state index is 10.2. The van der Waals surface area contributed by atoms with Gasteiger partial charge in [0.15, 0.2) is 0 Å². The predicted molar refractivity (Wildman–Crippen MR) is 62.1 cm³/mol. The number of carboxylic acids is 1. The number of rotatable bonds is 8. The van der Waals surface area contributed by atoms with Crippen LogP contribution in [0.5, 0.6) is 0 Å². The Hall–Kier alpha value is -0.870. The molecule has 0 fully saturated rings. The molecule has 0 radical (unpaired) electrons. The first-order valence-corrected chi connectivity index (χ1v) is 6.17. The second-order valence-electron chi connectivity index (χ2n) is 3.51. The second-order valence-corrected chi connectivity index (χ2v) is 4.29. The molecule has 0 unspecified atom stereocenters. The van der Waals surface area contributed by atoms with Crippen LogP contribution < -0.4 is 5.32 Å². The Kier molecular flexibility index (Phi) is 6.04. The van der Waals surface area contributed by atoms with E-state index < -0.39 is 5.97 Å². The fourth-order valence-corrected chi connectivity index (χ4v) is 2.00. The van der Waals surface area contributed by atoms with E-state index in [2.05, 4.69) is 22.1 Å². The van der Waals surface area contributed by atoms with E-state index in [-0.39, 0.29) is 0 Å². The highest BCUT2D eigenvalue weighted by Gasteiger charge is 1.96. The molecule has 84 valence electrons. The van der Waals surface area contributed by atoms with E-state index in [9.17, 15) is 4.79 Å². The van der Waals surface area contributed by atoms with Gasteiger partial charge in [-0.1, -0.05) is 6.42 Å². The van der Waals surface area contributed by atoms with Gasteiger partial charge in [-0.25, -0.2) is 0 Å². The Bertz CT molecular complexity index is 272. The van der Waals surface area contributed by atoms with Crippen LogP contribution in [0.25, 0.3) is 0 Å². The van der Waals surface area contributed by atoms with Gasteiger partial charge in [-0.3, -0.25) is 4.79 Å². The topological polar surface area (TPSA) is 49.3 Å². The molecule has 15 heavy (non-hydrogen) atoms. The molecular weight excluding hydrogens is 210 g/mol.